The molecule has 4 atom stereocenters. The van der Waals surface area contributed by atoms with E-state index in [-0.39, 0.29) is 22.8 Å². The van der Waals surface area contributed by atoms with Crippen molar-refractivity contribution >= 4 is 11.6 Å². The van der Waals surface area contributed by atoms with Gasteiger partial charge in [-0.15, -0.1) is 0 Å². The zero-order valence-electron chi connectivity index (χ0n) is 15.7. The molecule has 8 nitrogen and oxygen atoms in total. The summed E-state index contributed by atoms with van der Waals surface area (Å²) in [5, 5.41) is 14.1. The molecule has 1 aliphatic heterocycles. The Kier molecular flexibility index (Phi) is 5.51. The number of pyridine rings is 1. The Morgan fingerprint density at radius 1 is 1.17 bits per heavy atom. The van der Waals surface area contributed by atoms with Crippen LogP contribution in [0.4, 0.5) is 5.69 Å². The first-order valence-electron chi connectivity index (χ1n) is 9.59. The second-order valence-corrected chi connectivity index (χ2v) is 7.32. The fourth-order valence-corrected chi connectivity index (χ4v) is 3.95. The summed E-state index contributed by atoms with van der Waals surface area (Å²) in [6, 6.07) is 11.8. The summed E-state index contributed by atoms with van der Waals surface area (Å²) in [6.07, 6.45) is 3.30. The van der Waals surface area contributed by atoms with Crippen LogP contribution in [0.1, 0.15) is 30.5 Å². The van der Waals surface area contributed by atoms with Gasteiger partial charge < -0.3 is 5.32 Å². The summed E-state index contributed by atoms with van der Waals surface area (Å²) in [6.45, 7) is 0. The number of nitrogens with one attached hydrogen (secondary N) is 3. The minimum absolute atomic E-state index is 0.0810. The summed E-state index contributed by atoms with van der Waals surface area (Å²) < 4.78 is 0. The predicted octanol–water partition coefficient (Wildman–Crippen LogP) is 1.71. The molecule has 0 spiro atoms. The lowest BCUT2D eigenvalue weighted by Gasteiger charge is -2.28. The van der Waals surface area contributed by atoms with E-state index in [0.717, 1.165) is 5.56 Å². The van der Waals surface area contributed by atoms with Gasteiger partial charge in [-0.2, -0.15) is 0 Å². The van der Waals surface area contributed by atoms with Gasteiger partial charge in [-0.3, -0.25) is 20.3 Å². The minimum Gasteiger partial charge on any atom is -0.325 e. The lowest BCUT2D eigenvalue weighted by Crippen LogP contribution is -2.44. The zero-order valence-corrected chi connectivity index (χ0v) is 15.7. The number of carbonyl (C=O) groups is 1. The van der Waals surface area contributed by atoms with Gasteiger partial charge in [-0.1, -0.05) is 18.1 Å². The number of rotatable bonds is 3. The Hall–Kier alpha value is -3.28. The largest absolute Gasteiger partial charge is 0.325 e. The smallest absolute Gasteiger partial charge is 0.243 e. The third-order valence-electron chi connectivity index (χ3n) is 5.43. The number of hydrogen-bond acceptors (Lipinski definition) is 6. The van der Waals surface area contributed by atoms with Crippen molar-refractivity contribution < 1.29 is 9.72 Å². The second kappa shape index (κ2) is 8.39. The first-order valence-corrected chi connectivity index (χ1v) is 9.59. The van der Waals surface area contributed by atoms with Crippen LogP contribution in [-0.4, -0.2) is 33.9 Å². The van der Waals surface area contributed by atoms with Crippen LogP contribution in [0, 0.1) is 27.9 Å². The summed E-state index contributed by atoms with van der Waals surface area (Å²) in [5.74, 6) is 5.72. The number of aromatic nitrogens is 1. The molecule has 148 valence electrons. The molecule has 1 saturated carbocycles. The first kappa shape index (κ1) is 19.1. The minimum atomic E-state index is -0.585. The van der Waals surface area contributed by atoms with Gasteiger partial charge in [0, 0.05) is 47.2 Å². The third kappa shape index (κ3) is 4.42. The van der Waals surface area contributed by atoms with E-state index < -0.39 is 12.1 Å². The number of amides is 1. The molecule has 1 amide bonds. The molecule has 2 heterocycles. The van der Waals surface area contributed by atoms with Gasteiger partial charge >= 0.3 is 0 Å². The molecule has 8 heteroatoms. The normalized spacial score (nSPS) is 25.4. The number of carbonyl (C=O) groups excluding carboxylic acids is 1. The summed E-state index contributed by atoms with van der Waals surface area (Å²) >= 11 is 0. The van der Waals surface area contributed by atoms with Gasteiger partial charge in [0.05, 0.1) is 0 Å². The molecule has 1 aromatic heterocycles. The Morgan fingerprint density at radius 3 is 2.86 bits per heavy atom. The fourth-order valence-electron chi connectivity index (χ4n) is 3.95. The Balaban J connectivity index is 1.43. The number of benzene rings is 1. The molecule has 2 aliphatic rings. The molecule has 3 N–H and O–H groups in total. The number of nitrogens with zero attached hydrogens (tertiary/aromatic N) is 2. The molecule has 2 aromatic rings. The van der Waals surface area contributed by atoms with Crippen molar-refractivity contribution in [2.24, 2.45) is 5.92 Å². The van der Waals surface area contributed by atoms with Crippen molar-refractivity contribution in [3.05, 3.63) is 70.0 Å². The SMILES string of the molecule is O=C(Nc1cccc(C#Cc2ccccn2)c1)C1NNC2CCC([N+](=O)[O-])CC21. The maximum Gasteiger partial charge on any atom is 0.243 e. The summed E-state index contributed by atoms with van der Waals surface area (Å²) in [5.41, 5.74) is 8.21. The zero-order chi connectivity index (χ0) is 20.2. The molecular weight excluding hydrogens is 370 g/mol. The maximum absolute atomic E-state index is 12.8. The van der Waals surface area contributed by atoms with Crippen LogP contribution < -0.4 is 16.2 Å². The monoisotopic (exact) mass is 391 g/mol. The van der Waals surface area contributed by atoms with E-state index in [4.69, 9.17) is 0 Å². The van der Waals surface area contributed by atoms with Crippen molar-refractivity contribution in [3.63, 3.8) is 0 Å². The van der Waals surface area contributed by atoms with Gasteiger partial charge in [0.25, 0.3) is 0 Å². The molecule has 1 aromatic carbocycles. The topological polar surface area (TPSA) is 109 Å². The molecule has 29 heavy (non-hydrogen) atoms. The average Bonchev–Trinajstić information content (AvgIpc) is 3.17. The summed E-state index contributed by atoms with van der Waals surface area (Å²) in [4.78, 5) is 27.9. The maximum atomic E-state index is 12.8. The Morgan fingerprint density at radius 2 is 2.07 bits per heavy atom. The first-order chi connectivity index (χ1) is 14.1. The van der Waals surface area contributed by atoms with Gasteiger partial charge in [-0.05, 0) is 42.7 Å². The van der Waals surface area contributed by atoms with Crippen molar-refractivity contribution in [2.45, 2.75) is 37.4 Å². The van der Waals surface area contributed by atoms with Gasteiger partial charge in [0.1, 0.15) is 11.7 Å². The van der Waals surface area contributed by atoms with Gasteiger partial charge in [0.15, 0.2) is 0 Å². The number of hydrogen-bond donors (Lipinski definition) is 3. The van der Waals surface area contributed by atoms with Crippen LogP contribution >= 0.6 is 0 Å². The second-order valence-electron chi connectivity index (χ2n) is 7.32. The van der Waals surface area contributed by atoms with Crippen LogP contribution in [0.15, 0.2) is 48.7 Å². The highest BCUT2D eigenvalue weighted by atomic mass is 16.6. The van der Waals surface area contributed by atoms with Crippen LogP contribution in [0.25, 0.3) is 0 Å². The van der Waals surface area contributed by atoms with Crippen LogP contribution in [0.5, 0.6) is 0 Å². The van der Waals surface area contributed by atoms with Crippen molar-refractivity contribution in [3.8, 4) is 11.8 Å². The summed E-state index contributed by atoms with van der Waals surface area (Å²) in [7, 11) is 0. The Bertz CT molecular complexity index is 969. The van der Waals surface area contributed by atoms with Crippen molar-refractivity contribution in [1.29, 1.82) is 0 Å². The van der Waals surface area contributed by atoms with Crippen LogP contribution in [0.3, 0.4) is 0 Å². The van der Waals surface area contributed by atoms with E-state index in [1.165, 1.54) is 0 Å². The number of anilines is 1. The molecular formula is C21H21N5O3. The van der Waals surface area contributed by atoms with E-state index in [9.17, 15) is 14.9 Å². The molecule has 4 unspecified atom stereocenters. The van der Waals surface area contributed by atoms with Gasteiger partial charge in [-0.25, -0.2) is 10.4 Å². The number of fused-ring (bicyclic) bond motifs is 1. The molecule has 0 radical (unpaired) electrons. The highest BCUT2D eigenvalue weighted by Crippen LogP contribution is 2.32. The van der Waals surface area contributed by atoms with Crippen LogP contribution in [-0.2, 0) is 4.79 Å². The predicted molar refractivity (Wildman–Crippen MR) is 107 cm³/mol. The quantitative estimate of drug-likeness (QED) is 0.418. The third-order valence-corrected chi connectivity index (χ3v) is 5.43. The van der Waals surface area contributed by atoms with E-state index in [1.54, 1.807) is 18.3 Å². The van der Waals surface area contributed by atoms with Gasteiger partial charge in [0.2, 0.25) is 11.9 Å². The van der Waals surface area contributed by atoms with Crippen LogP contribution in [0.2, 0.25) is 0 Å². The van der Waals surface area contributed by atoms with E-state index in [1.807, 2.05) is 30.3 Å². The highest BCUT2D eigenvalue weighted by molar-refractivity contribution is 5.95. The Labute approximate surface area is 168 Å². The lowest BCUT2D eigenvalue weighted by atomic mass is 9.79. The molecule has 1 saturated heterocycles. The average molecular weight is 391 g/mol. The highest BCUT2D eigenvalue weighted by Gasteiger charge is 2.46. The van der Waals surface area contributed by atoms with E-state index >= 15 is 0 Å². The van der Waals surface area contributed by atoms with Crippen molar-refractivity contribution in [2.75, 3.05) is 5.32 Å². The number of nitro groups is 1. The van der Waals surface area contributed by atoms with Crippen molar-refractivity contribution in [1.82, 2.24) is 15.8 Å². The fraction of sp³-hybridized carbons (Fsp3) is 0.333. The standard InChI is InChI=1S/C21H21N5O3/c27-21(20-18-13-17(26(28)29)9-10-19(18)24-25-20)23-16-6-3-4-14(12-16)7-8-15-5-1-2-11-22-15/h1-6,11-12,17-20,24-25H,9-10,13H2,(H,23,27). The molecule has 2 fully saturated rings. The molecule has 1 aliphatic carbocycles. The molecule has 4 rings (SSSR count). The van der Waals surface area contributed by atoms with E-state index in [2.05, 4.69) is 33.0 Å². The van der Waals surface area contributed by atoms with E-state index in [0.29, 0.717) is 30.6 Å². The molecule has 0 bridgehead atoms. The lowest BCUT2D eigenvalue weighted by molar-refractivity contribution is -0.528. The number of hydrazine groups is 1.